The molecule has 1 heterocycles. The molecule has 2 rings (SSSR count). The van der Waals surface area contributed by atoms with Crippen LogP contribution in [0.2, 0.25) is 0 Å². The number of phenolic OH excluding ortho intramolecular Hbond substituents is 1. The zero-order valence-electron chi connectivity index (χ0n) is 9.14. The summed E-state index contributed by atoms with van der Waals surface area (Å²) in [5, 5.41) is 12.4. The van der Waals surface area contributed by atoms with Crippen molar-refractivity contribution in [2.45, 2.75) is 5.92 Å². The Bertz CT molecular complexity index is 374. The van der Waals surface area contributed by atoms with E-state index >= 15 is 0 Å². The van der Waals surface area contributed by atoms with Gasteiger partial charge in [-0.1, -0.05) is 12.1 Å². The van der Waals surface area contributed by atoms with Gasteiger partial charge in [-0.2, -0.15) is 0 Å². The van der Waals surface area contributed by atoms with E-state index in [0.29, 0.717) is 6.54 Å². The van der Waals surface area contributed by atoms with Crippen LogP contribution in [0.15, 0.2) is 24.3 Å². The molecule has 0 unspecified atom stereocenters. The number of carbonyl (C=O) groups is 1. The van der Waals surface area contributed by atoms with Gasteiger partial charge >= 0.3 is 5.97 Å². The molecule has 0 aliphatic carbocycles. The molecule has 1 aromatic rings. The minimum atomic E-state index is -0.178. The predicted octanol–water partition coefficient (Wildman–Crippen LogP) is 0.868. The van der Waals surface area contributed by atoms with Crippen molar-refractivity contribution in [1.29, 1.82) is 0 Å². The summed E-state index contributed by atoms with van der Waals surface area (Å²) < 4.78 is 4.78. The molecule has 0 saturated carbocycles. The van der Waals surface area contributed by atoms with Gasteiger partial charge in [-0.3, -0.25) is 4.79 Å². The molecule has 2 N–H and O–H groups in total. The summed E-state index contributed by atoms with van der Waals surface area (Å²) in [6.07, 6.45) is 0. The highest BCUT2D eigenvalue weighted by Gasteiger charge is 2.34. The van der Waals surface area contributed by atoms with Gasteiger partial charge in [0.1, 0.15) is 5.75 Å². The van der Waals surface area contributed by atoms with Crippen molar-refractivity contribution in [3.8, 4) is 5.75 Å². The Labute approximate surface area is 94.2 Å². The third-order valence-corrected chi connectivity index (χ3v) is 3.04. The number of rotatable bonds is 2. The van der Waals surface area contributed by atoms with Gasteiger partial charge in [0.15, 0.2) is 0 Å². The monoisotopic (exact) mass is 221 g/mol. The number of ether oxygens (including phenoxy) is 1. The standard InChI is InChI=1S/C12H15NO3/c1-16-12(15)11-7-13-6-10(11)8-2-4-9(14)5-3-8/h2-5,10-11,13-14H,6-7H2,1H3/t10-,11+/m1/s1. The van der Waals surface area contributed by atoms with E-state index in [1.807, 2.05) is 12.1 Å². The van der Waals surface area contributed by atoms with Crippen molar-refractivity contribution in [3.63, 3.8) is 0 Å². The molecule has 1 aliphatic heterocycles. The minimum absolute atomic E-state index is 0.130. The van der Waals surface area contributed by atoms with E-state index in [9.17, 15) is 9.90 Å². The van der Waals surface area contributed by atoms with Gasteiger partial charge in [0.2, 0.25) is 0 Å². The largest absolute Gasteiger partial charge is 0.508 e. The molecule has 0 bridgehead atoms. The highest BCUT2D eigenvalue weighted by Crippen LogP contribution is 2.29. The summed E-state index contributed by atoms with van der Waals surface area (Å²) in [5.41, 5.74) is 1.05. The Balaban J connectivity index is 2.19. The number of hydrogen-bond donors (Lipinski definition) is 2. The molecule has 16 heavy (non-hydrogen) atoms. The van der Waals surface area contributed by atoms with E-state index in [2.05, 4.69) is 5.32 Å². The number of esters is 1. The van der Waals surface area contributed by atoms with E-state index in [0.717, 1.165) is 12.1 Å². The van der Waals surface area contributed by atoms with Crippen LogP contribution in [0.25, 0.3) is 0 Å². The number of nitrogens with one attached hydrogen (secondary N) is 1. The molecule has 2 atom stereocenters. The van der Waals surface area contributed by atoms with Crippen LogP contribution in [-0.4, -0.2) is 31.3 Å². The highest BCUT2D eigenvalue weighted by molar-refractivity contribution is 5.74. The van der Waals surface area contributed by atoms with E-state index in [-0.39, 0.29) is 23.6 Å². The average molecular weight is 221 g/mol. The van der Waals surface area contributed by atoms with Crippen LogP contribution in [0.3, 0.4) is 0 Å². The third kappa shape index (κ3) is 2.02. The lowest BCUT2D eigenvalue weighted by Gasteiger charge is -2.16. The van der Waals surface area contributed by atoms with Crippen molar-refractivity contribution < 1.29 is 14.6 Å². The van der Waals surface area contributed by atoms with E-state index in [1.165, 1.54) is 7.11 Å². The lowest BCUT2D eigenvalue weighted by Crippen LogP contribution is -2.22. The summed E-state index contributed by atoms with van der Waals surface area (Å²) in [7, 11) is 1.41. The zero-order valence-corrected chi connectivity index (χ0v) is 9.14. The quantitative estimate of drug-likeness (QED) is 0.727. The first-order valence-electron chi connectivity index (χ1n) is 5.30. The van der Waals surface area contributed by atoms with E-state index in [4.69, 9.17) is 4.74 Å². The van der Waals surface area contributed by atoms with Crippen molar-refractivity contribution >= 4 is 5.97 Å². The second-order valence-electron chi connectivity index (χ2n) is 3.99. The fourth-order valence-corrected chi connectivity index (χ4v) is 2.15. The molecule has 0 radical (unpaired) electrons. The van der Waals surface area contributed by atoms with Gasteiger partial charge < -0.3 is 15.2 Å². The lowest BCUT2D eigenvalue weighted by atomic mass is 9.89. The summed E-state index contributed by atoms with van der Waals surface area (Å²) in [5.74, 6) is 0.0648. The number of methoxy groups -OCH3 is 1. The average Bonchev–Trinajstić information content (AvgIpc) is 2.78. The number of phenols is 1. The minimum Gasteiger partial charge on any atom is -0.508 e. The third-order valence-electron chi connectivity index (χ3n) is 3.04. The molecule has 1 saturated heterocycles. The van der Waals surface area contributed by atoms with Crippen molar-refractivity contribution in [2.75, 3.05) is 20.2 Å². The number of carbonyl (C=O) groups excluding carboxylic acids is 1. The number of hydrogen-bond acceptors (Lipinski definition) is 4. The first-order chi connectivity index (χ1) is 7.72. The van der Waals surface area contributed by atoms with Crippen LogP contribution in [0, 0.1) is 5.92 Å². The normalized spacial score (nSPS) is 24.3. The maximum absolute atomic E-state index is 11.6. The van der Waals surface area contributed by atoms with Crippen LogP contribution in [0.4, 0.5) is 0 Å². The summed E-state index contributed by atoms with van der Waals surface area (Å²) in [4.78, 5) is 11.6. The molecule has 0 aromatic heterocycles. The Morgan fingerprint density at radius 3 is 2.69 bits per heavy atom. The summed E-state index contributed by atoms with van der Waals surface area (Å²) in [6, 6.07) is 6.98. The number of aromatic hydroxyl groups is 1. The lowest BCUT2D eigenvalue weighted by molar-refractivity contribution is -0.145. The van der Waals surface area contributed by atoms with E-state index < -0.39 is 0 Å². The van der Waals surface area contributed by atoms with Gasteiger partial charge in [0.25, 0.3) is 0 Å². The fourth-order valence-electron chi connectivity index (χ4n) is 2.15. The molecular formula is C12H15NO3. The second-order valence-corrected chi connectivity index (χ2v) is 3.99. The Hall–Kier alpha value is -1.55. The molecule has 4 heteroatoms. The number of benzene rings is 1. The Kier molecular flexibility index (Phi) is 3.10. The van der Waals surface area contributed by atoms with Gasteiger partial charge in [-0.25, -0.2) is 0 Å². The SMILES string of the molecule is COC(=O)[C@H]1CNC[C@@H]1c1ccc(O)cc1. The Morgan fingerprint density at radius 2 is 2.06 bits per heavy atom. The molecule has 0 spiro atoms. The van der Waals surface area contributed by atoms with Crippen LogP contribution in [0.1, 0.15) is 11.5 Å². The molecule has 1 fully saturated rings. The van der Waals surface area contributed by atoms with Gasteiger partial charge in [0.05, 0.1) is 13.0 Å². The zero-order chi connectivity index (χ0) is 11.5. The van der Waals surface area contributed by atoms with Gasteiger partial charge in [-0.05, 0) is 17.7 Å². The first kappa shape index (κ1) is 11.0. The maximum atomic E-state index is 11.6. The smallest absolute Gasteiger partial charge is 0.310 e. The molecule has 1 aliphatic rings. The molecule has 0 amide bonds. The molecule has 4 nitrogen and oxygen atoms in total. The first-order valence-corrected chi connectivity index (χ1v) is 5.30. The van der Waals surface area contributed by atoms with Crippen LogP contribution in [-0.2, 0) is 9.53 Å². The fraction of sp³-hybridized carbons (Fsp3) is 0.417. The van der Waals surface area contributed by atoms with Gasteiger partial charge in [0, 0.05) is 19.0 Å². The van der Waals surface area contributed by atoms with Crippen LogP contribution in [0.5, 0.6) is 5.75 Å². The molecule has 86 valence electrons. The predicted molar refractivity (Wildman–Crippen MR) is 59.2 cm³/mol. The second kappa shape index (κ2) is 4.53. The van der Waals surface area contributed by atoms with Crippen LogP contribution < -0.4 is 5.32 Å². The van der Waals surface area contributed by atoms with Crippen LogP contribution >= 0.6 is 0 Å². The molecule has 1 aromatic carbocycles. The van der Waals surface area contributed by atoms with Gasteiger partial charge in [-0.15, -0.1) is 0 Å². The Morgan fingerprint density at radius 1 is 1.38 bits per heavy atom. The van der Waals surface area contributed by atoms with E-state index in [1.54, 1.807) is 12.1 Å². The van der Waals surface area contributed by atoms with Crippen molar-refractivity contribution in [3.05, 3.63) is 29.8 Å². The maximum Gasteiger partial charge on any atom is 0.310 e. The summed E-state index contributed by atoms with van der Waals surface area (Å²) >= 11 is 0. The van der Waals surface area contributed by atoms with Crippen molar-refractivity contribution in [1.82, 2.24) is 5.32 Å². The topological polar surface area (TPSA) is 58.6 Å². The van der Waals surface area contributed by atoms with Crippen molar-refractivity contribution in [2.24, 2.45) is 5.92 Å². The molecular weight excluding hydrogens is 206 g/mol. The highest BCUT2D eigenvalue weighted by atomic mass is 16.5. The summed E-state index contributed by atoms with van der Waals surface area (Å²) in [6.45, 7) is 1.42.